The lowest BCUT2D eigenvalue weighted by Crippen LogP contribution is -2.17. The van der Waals surface area contributed by atoms with E-state index in [1.54, 1.807) is 0 Å². The maximum Gasteiger partial charge on any atom is 0.0702 e. The lowest BCUT2D eigenvalue weighted by Gasteiger charge is -2.33. The molecule has 0 aliphatic rings. The van der Waals surface area contributed by atoms with Crippen molar-refractivity contribution in [2.75, 3.05) is 19.6 Å². The molecule has 326 valence electrons. The van der Waals surface area contributed by atoms with Crippen LogP contribution in [0, 0.1) is 0 Å². The summed E-state index contributed by atoms with van der Waals surface area (Å²) in [5.74, 6) is 0. The number of para-hydroxylation sites is 11. The molecule has 0 N–H and O–H groups in total. The van der Waals surface area contributed by atoms with Crippen LogP contribution in [0.1, 0.15) is 0 Å². The minimum Gasteiger partial charge on any atom is -0.308 e. The Labute approximate surface area is 400 Å². The lowest BCUT2D eigenvalue weighted by molar-refractivity contribution is 1.23. The van der Waals surface area contributed by atoms with Crippen molar-refractivity contribution in [3.63, 3.8) is 0 Å². The lowest BCUT2D eigenvalue weighted by atomic mass is 10.1. The number of fused-ring (bicyclic) bond motifs is 1. The SMILES string of the molecule is c1ccc(N(c2ccccc2)c2ccccc2N(c2ccccc2)c2cccc3ccccc23)cc1.c1ccc(N(c2ccccc2)c2ccccc2N(c2ccccc2)c2ccccc2)cc1. The van der Waals surface area contributed by atoms with Crippen molar-refractivity contribution in [3.8, 4) is 0 Å². The molecule has 0 bridgehead atoms. The van der Waals surface area contributed by atoms with Crippen LogP contribution in [0.4, 0.5) is 68.2 Å². The number of anilines is 12. The fourth-order valence-corrected chi connectivity index (χ4v) is 8.82. The average Bonchev–Trinajstić information content (AvgIpc) is 3.42. The molecule has 11 aromatic carbocycles. The van der Waals surface area contributed by atoms with Gasteiger partial charge < -0.3 is 19.6 Å². The van der Waals surface area contributed by atoms with Gasteiger partial charge >= 0.3 is 0 Å². The zero-order valence-electron chi connectivity index (χ0n) is 37.7. The minimum atomic E-state index is 1.10. The molecule has 0 fully saturated rings. The number of benzene rings is 11. The van der Waals surface area contributed by atoms with Gasteiger partial charge in [-0.25, -0.2) is 0 Å². The van der Waals surface area contributed by atoms with Crippen LogP contribution in [0.5, 0.6) is 0 Å². The van der Waals surface area contributed by atoms with Gasteiger partial charge in [0.05, 0.1) is 28.4 Å². The third-order valence-electron chi connectivity index (χ3n) is 11.8. The van der Waals surface area contributed by atoms with Gasteiger partial charge in [0.2, 0.25) is 0 Å². The first-order chi connectivity index (χ1) is 33.8. The van der Waals surface area contributed by atoms with Crippen LogP contribution in [0.2, 0.25) is 0 Å². The van der Waals surface area contributed by atoms with Crippen molar-refractivity contribution in [1.82, 2.24) is 0 Å². The molecule has 0 aliphatic carbocycles. The second-order valence-electron chi connectivity index (χ2n) is 16.2. The number of hydrogen-bond acceptors (Lipinski definition) is 4. The summed E-state index contributed by atoms with van der Waals surface area (Å²) in [5.41, 5.74) is 13.4. The van der Waals surface area contributed by atoms with E-state index in [4.69, 9.17) is 0 Å². The van der Waals surface area contributed by atoms with Gasteiger partial charge in [-0.05, 0) is 121 Å². The van der Waals surface area contributed by atoms with Gasteiger partial charge in [0.1, 0.15) is 0 Å². The van der Waals surface area contributed by atoms with Crippen LogP contribution in [-0.4, -0.2) is 0 Å². The first-order valence-corrected chi connectivity index (χ1v) is 23.0. The molecule has 0 heterocycles. The molecule has 0 amide bonds. The Balaban J connectivity index is 0.000000160. The quantitative estimate of drug-likeness (QED) is 0.121. The highest BCUT2D eigenvalue weighted by Gasteiger charge is 2.24. The van der Waals surface area contributed by atoms with Crippen LogP contribution >= 0.6 is 0 Å². The first-order valence-electron chi connectivity index (χ1n) is 23.0. The summed E-state index contributed by atoms with van der Waals surface area (Å²) in [6.07, 6.45) is 0. The molecule has 4 heteroatoms. The molecule has 0 unspecified atom stereocenters. The van der Waals surface area contributed by atoms with Crippen LogP contribution in [0.3, 0.4) is 0 Å². The van der Waals surface area contributed by atoms with E-state index in [-0.39, 0.29) is 0 Å². The Morgan fingerprint density at radius 2 is 0.353 bits per heavy atom. The predicted octanol–water partition coefficient (Wildman–Crippen LogP) is 18.4. The second kappa shape index (κ2) is 20.8. The molecule has 68 heavy (non-hydrogen) atoms. The molecule has 0 atom stereocenters. The summed E-state index contributed by atoms with van der Waals surface area (Å²) in [7, 11) is 0. The zero-order valence-corrected chi connectivity index (χ0v) is 37.7. The third-order valence-corrected chi connectivity index (χ3v) is 11.8. The van der Waals surface area contributed by atoms with Crippen molar-refractivity contribution in [2.45, 2.75) is 0 Å². The van der Waals surface area contributed by atoms with Gasteiger partial charge in [0, 0.05) is 45.2 Å². The molecular weight excluding hydrogens is 825 g/mol. The van der Waals surface area contributed by atoms with E-state index in [1.807, 2.05) is 0 Å². The fraction of sp³-hybridized carbons (Fsp3) is 0. The zero-order chi connectivity index (χ0) is 45.7. The maximum atomic E-state index is 2.37. The van der Waals surface area contributed by atoms with Crippen LogP contribution in [-0.2, 0) is 0 Å². The van der Waals surface area contributed by atoms with Gasteiger partial charge in [0.15, 0.2) is 0 Å². The maximum absolute atomic E-state index is 2.37. The largest absolute Gasteiger partial charge is 0.308 e. The molecule has 11 rings (SSSR count). The smallest absolute Gasteiger partial charge is 0.0702 e. The molecule has 0 aromatic heterocycles. The second-order valence-corrected chi connectivity index (χ2v) is 16.2. The highest BCUT2D eigenvalue weighted by atomic mass is 15.2. The molecule has 0 radical (unpaired) electrons. The average molecular weight is 875 g/mol. The molecule has 11 aromatic rings. The van der Waals surface area contributed by atoms with Gasteiger partial charge in [-0.15, -0.1) is 0 Å². The molecular formula is C64H50N4. The minimum absolute atomic E-state index is 1.10. The monoisotopic (exact) mass is 874 g/mol. The van der Waals surface area contributed by atoms with E-state index in [0.29, 0.717) is 0 Å². The van der Waals surface area contributed by atoms with Crippen LogP contribution in [0.15, 0.2) is 303 Å². The summed E-state index contributed by atoms with van der Waals surface area (Å²) in [4.78, 5) is 9.33. The number of rotatable bonds is 12. The van der Waals surface area contributed by atoms with Gasteiger partial charge in [-0.2, -0.15) is 0 Å². The van der Waals surface area contributed by atoms with E-state index in [9.17, 15) is 0 Å². The van der Waals surface area contributed by atoms with E-state index in [1.165, 1.54) is 10.8 Å². The van der Waals surface area contributed by atoms with Crippen LogP contribution < -0.4 is 19.6 Å². The number of nitrogens with zero attached hydrogens (tertiary/aromatic N) is 4. The molecule has 0 saturated carbocycles. The van der Waals surface area contributed by atoms with Gasteiger partial charge in [-0.1, -0.05) is 188 Å². The van der Waals surface area contributed by atoms with Crippen molar-refractivity contribution in [1.29, 1.82) is 0 Å². The van der Waals surface area contributed by atoms with Gasteiger partial charge in [0.25, 0.3) is 0 Å². The molecule has 4 nitrogen and oxygen atoms in total. The first kappa shape index (κ1) is 42.8. The summed E-state index contributed by atoms with van der Waals surface area (Å²) in [5, 5.41) is 2.43. The Hall–Kier alpha value is -9.12. The van der Waals surface area contributed by atoms with E-state index < -0.39 is 0 Å². The summed E-state index contributed by atoms with van der Waals surface area (Å²) in [6.45, 7) is 0. The number of hydrogen-bond donors (Lipinski definition) is 0. The van der Waals surface area contributed by atoms with Gasteiger partial charge in [-0.3, -0.25) is 0 Å². The topological polar surface area (TPSA) is 13.0 Å². The van der Waals surface area contributed by atoms with Crippen molar-refractivity contribution in [2.24, 2.45) is 0 Å². The molecule has 0 aliphatic heterocycles. The van der Waals surface area contributed by atoms with E-state index in [2.05, 4.69) is 323 Å². The normalized spacial score (nSPS) is 10.6. The van der Waals surface area contributed by atoms with E-state index in [0.717, 1.165) is 68.2 Å². The van der Waals surface area contributed by atoms with Crippen molar-refractivity contribution in [3.05, 3.63) is 303 Å². The molecule has 0 saturated heterocycles. The third kappa shape index (κ3) is 9.34. The summed E-state index contributed by atoms with van der Waals surface area (Å²) >= 11 is 0. The van der Waals surface area contributed by atoms with Crippen molar-refractivity contribution >= 4 is 79.0 Å². The Bertz CT molecular complexity index is 3050. The summed E-state index contributed by atoms with van der Waals surface area (Å²) < 4.78 is 0. The Morgan fingerprint density at radius 3 is 0.662 bits per heavy atom. The highest BCUT2D eigenvalue weighted by Crippen LogP contribution is 2.48. The van der Waals surface area contributed by atoms with E-state index >= 15 is 0 Å². The highest BCUT2D eigenvalue weighted by molar-refractivity contribution is 6.01. The molecule has 0 spiro atoms. The Morgan fingerprint density at radius 1 is 0.147 bits per heavy atom. The standard InChI is InChI=1S/C34H26N2.C30H24N2/c1-4-17-28(18-5-1)35(29-19-6-2-7-20-29)33-24-12-13-25-34(33)36(30-21-8-3-9-22-30)32-26-14-16-27-15-10-11-23-31(27)32;1-5-15-25(16-6-1)31(26-17-7-2-8-18-26)29-23-13-14-24-30(29)32(27-19-9-3-10-20-27)28-21-11-4-12-22-28/h1-26H;1-24H. The Kier molecular flexibility index (Phi) is 13.1. The predicted molar refractivity (Wildman–Crippen MR) is 289 cm³/mol. The fourth-order valence-electron chi connectivity index (χ4n) is 8.82. The summed E-state index contributed by atoms with van der Waals surface area (Å²) in [6, 6.07) is 106. The van der Waals surface area contributed by atoms with Crippen LogP contribution in [0.25, 0.3) is 10.8 Å². The van der Waals surface area contributed by atoms with Crippen molar-refractivity contribution < 1.29 is 0 Å².